The van der Waals surface area contributed by atoms with Gasteiger partial charge >= 0.3 is 0 Å². The lowest BCUT2D eigenvalue weighted by Gasteiger charge is -2.15. The Morgan fingerprint density at radius 3 is 2.52 bits per heavy atom. The van der Waals surface area contributed by atoms with Crippen LogP contribution in [0.1, 0.15) is 24.8 Å². The number of hydrogen-bond acceptors (Lipinski definition) is 3. The summed E-state index contributed by atoms with van der Waals surface area (Å²) < 4.78 is 10.8. The summed E-state index contributed by atoms with van der Waals surface area (Å²) in [5.74, 6) is 2.15. The summed E-state index contributed by atoms with van der Waals surface area (Å²) in [6, 6.07) is 14.3. The first-order chi connectivity index (χ1) is 10.2. The summed E-state index contributed by atoms with van der Waals surface area (Å²) in [6.07, 6.45) is 0.976. The molecule has 0 fully saturated rings. The van der Waals surface area contributed by atoms with Crippen molar-refractivity contribution < 1.29 is 9.47 Å². The highest BCUT2D eigenvalue weighted by Crippen LogP contribution is 2.34. The first-order valence-corrected chi connectivity index (χ1v) is 7.22. The minimum absolute atomic E-state index is 0.435. The van der Waals surface area contributed by atoms with Gasteiger partial charge in [0.1, 0.15) is 11.5 Å². The molecule has 2 aromatic carbocycles. The van der Waals surface area contributed by atoms with Gasteiger partial charge in [-0.05, 0) is 54.3 Å². The van der Waals surface area contributed by atoms with Crippen molar-refractivity contribution >= 4 is 0 Å². The van der Waals surface area contributed by atoms with Gasteiger partial charge in [-0.15, -0.1) is 0 Å². The molecule has 0 saturated carbocycles. The van der Waals surface area contributed by atoms with E-state index in [1.807, 2.05) is 24.3 Å². The SMILES string of the molecule is COc1cccc(-c2cc(C(C)CCN)ccc2OC)c1. The molecule has 3 heteroatoms. The maximum atomic E-state index is 5.67. The highest BCUT2D eigenvalue weighted by atomic mass is 16.5. The molecular weight excluding hydrogens is 262 g/mol. The van der Waals surface area contributed by atoms with Crippen molar-refractivity contribution in [3.63, 3.8) is 0 Å². The summed E-state index contributed by atoms with van der Waals surface area (Å²) >= 11 is 0. The number of nitrogens with two attached hydrogens (primary N) is 1. The van der Waals surface area contributed by atoms with Gasteiger partial charge < -0.3 is 15.2 Å². The lowest BCUT2D eigenvalue weighted by Crippen LogP contribution is -2.04. The standard InChI is InChI=1S/C18H23NO2/c1-13(9-10-19)14-7-8-18(21-3)17(12-14)15-5-4-6-16(11-15)20-2/h4-8,11-13H,9-10,19H2,1-3H3. The van der Waals surface area contributed by atoms with Crippen molar-refractivity contribution in [2.24, 2.45) is 5.73 Å². The molecule has 0 aliphatic rings. The molecule has 2 rings (SSSR count). The largest absolute Gasteiger partial charge is 0.497 e. The molecule has 0 saturated heterocycles. The summed E-state index contributed by atoms with van der Waals surface area (Å²) in [5.41, 5.74) is 9.12. The van der Waals surface area contributed by atoms with Crippen molar-refractivity contribution in [2.45, 2.75) is 19.3 Å². The molecule has 1 unspecified atom stereocenters. The molecule has 0 amide bonds. The zero-order valence-electron chi connectivity index (χ0n) is 12.9. The van der Waals surface area contributed by atoms with Gasteiger partial charge in [0.15, 0.2) is 0 Å². The van der Waals surface area contributed by atoms with Gasteiger partial charge in [-0.2, -0.15) is 0 Å². The van der Waals surface area contributed by atoms with Crippen LogP contribution in [-0.2, 0) is 0 Å². The van der Waals surface area contributed by atoms with E-state index in [9.17, 15) is 0 Å². The first kappa shape index (κ1) is 15.4. The Hall–Kier alpha value is -2.00. The van der Waals surface area contributed by atoms with Crippen LogP contribution in [-0.4, -0.2) is 20.8 Å². The minimum atomic E-state index is 0.435. The Labute approximate surface area is 126 Å². The lowest BCUT2D eigenvalue weighted by molar-refractivity contribution is 0.413. The number of ether oxygens (including phenoxy) is 2. The van der Waals surface area contributed by atoms with Crippen molar-refractivity contribution in [1.82, 2.24) is 0 Å². The topological polar surface area (TPSA) is 44.5 Å². The second-order valence-corrected chi connectivity index (χ2v) is 5.17. The van der Waals surface area contributed by atoms with E-state index in [2.05, 4.69) is 25.1 Å². The third kappa shape index (κ3) is 3.56. The summed E-state index contributed by atoms with van der Waals surface area (Å²) in [5, 5.41) is 0. The van der Waals surface area contributed by atoms with E-state index >= 15 is 0 Å². The molecule has 0 spiro atoms. The van der Waals surface area contributed by atoms with Crippen LogP contribution in [0.25, 0.3) is 11.1 Å². The van der Waals surface area contributed by atoms with Crippen LogP contribution in [0.4, 0.5) is 0 Å². The van der Waals surface area contributed by atoms with Gasteiger partial charge in [0.05, 0.1) is 14.2 Å². The van der Waals surface area contributed by atoms with E-state index in [1.165, 1.54) is 5.56 Å². The molecule has 112 valence electrons. The van der Waals surface area contributed by atoms with Gasteiger partial charge in [-0.3, -0.25) is 0 Å². The van der Waals surface area contributed by atoms with Gasteiger partial charge in [-0.1, -0.05) is 25.1 Å². The van der Waals surface area contributed by atoms with Crippen molar-refractivity contribution in [1.29, 1.82) is 0 Å². The molecule has 0 aliphatic heterocycles. The number of rotatable bonds is 6. The average Bonchev–Trinajstić information content (AvgIpc) is 2.54. The Kier molecular flexibility index (Phi) is 5.23. The molecule has 0 bridgehead atoms. The maximum Gasteiger partial charge on any atom is 0.126 e. The fraction of sp³-hybridized carbons (Fsp3) is 0.333. The fourth-order valence-electron chi connectivity index (χ4n) is 2.46. The number of hydrogen-bond donors (Lipinski definition) is 1. The summed E-state index contributed by atoms with van der Waals surface area (Å²) in [7, 11) is 3.37. The predicted molar refractivity (Wildman–Crippen MR) is 87.1 cm³/mol. The summed E-state index contributed by atoms with van der Waals surface area (Å²) in [4.78, 5) is 0. The molecule has 2 N–H and O–H groups in total. The molecular formula is C18H23NO2. The molecule has 0 aromatic heterocycles. The second-order valence-electron chi connectivity index (χ2n) is 5.17. The van der Waals surface area contributed by atoms with E-state index in [4.69, 9.17) is 15.2 Å². The molecule has 21 heavy (non-hydrogen) atoms. The van der Waals surface area contributed by atoms with Crippen molar-refractivity contribution in [3.8, 4) is 22.6 Å². The third-order valence-electron chi connectivity index (χ3n) is 3.77. The highest BCUT2D eigenvalue weighted by molar-refractivity contribution is 5.72. The monoisotopic (exact) mass is 285 g/mol. The molecule has 2 aromatic rings. The fourth-order valence-corrected chi connectivity index (χ4v) is 2.46. The normalized spacial score (nSPS) is 12.0. The van der Waals surface area contributed by atoms with Crippen molar-refractivity contribution in [2.75, 3.05) is 20.8 Å². The van der Waals surface area contributed by atoms with E-state index in [1.54, 1.807) is 14.2 Å². The van der Waals surface area contributed by atoms with Gasteiger partial charge in [0, 0.05) is 5.56 Å². The third-order valence-corrected chi connectivity index (χ3v) is 3.77. The van der Waals surface area contributed by atoms with E-state index in [0.29, 0.717) is 12.5 Å². The molecule has 0 radical (unpaired) electrons. The molecule has 0 aliphatic carbocycles. The average molecular weight is 285 g/mol. The number of benzene rings is 2. The van der Waals surface area contributed by atoms with Crippen LogP contribution in [0.5, 0.6) is 11.5 Å². The van der Waals surface area contributed by atoms with Crippen LogP contribution >= 0.6 is 0 Å². The predicted octanol–water partition coefficient (Wildman–Crippen LogP) is 3.82. The zero-order chi connectivity index (χ0) is 15.2. The highest BCUT2D eigenvalue weighted by Gasteiger charge is 2.11. The maximum absolute atomic E-state index is 5.67. The molecule has 1 atom stereocenters. The smallest absolute Gasteiger partial charge is 0.126 e. The van der Waals surface area contributed by atoms with Crippen LogP contribution in [0.3, 0.4) is 0 Å². The zero-order valence-corrected chi connectivity index (χ0v) is 12.9. The Morgan fingerprint density at radius 2 is 1.86 bits per heavy atom. The van der Waals surface area contributed by atoms with Gasteiger partial charge in [-0.25, -0.2) is 0 Å². The van der Waals surface area contributed by atoms with Gasteiger partial charge in [0.25, 0.3) is 0 Å². The van der Waals surface area contributed by atoms with Crippen LogP contribution in [0.2, 0.25) is 0 Å². The molecule has 0 heterocycles. The van der Waals surface area contributed by atoms with Crippen LogP contribution in [0.15, 0.2) is 42.5 Å². The lowest BCUT2D eigenvalue weighted by atomic mass is 9.93. The first-order valence-electron chi connectivity index (χ1n) is 7.22. The number of methoxy groups -OCH3 is 2. The van der Waals surface area contributed by atoms with Crippen LogP contribution < -0.4 is 15.2 Å². The molecule has 3 nitrogen and oxygen atoms in total. The quantitative estimate of drug-likeness (QED) is 0.877. The van der Waals surface area contributed by atoms with E-state index < -0.39 is 0 Å². The second kappa shape index (κ2) is 7.14. The van der Waals surface area contributed by atoms with Crippen molar-refractivity contribution in [3.05, 3.63) is 48.0 Å². The van der Waals surface area contributed by atoms with Crippen LogP contribution in [0, 0.1) is 0 Å². The summed E-state index contributed by atoms with van der Waals surface area (Å²) in [6.45, 7) is 2.89. The Morgan fingerprint density at radius 1 is 1.05 bits per heavy atom. The van der Waals surface area contributed by atoms with Gasteiger partial charge in [0.2, 0.25) is 0 Å². The van der Waals surface area contributed by atoms with E-state index in [0.717, 1.165) is 29.0 Å². The Balaban J connectivity index is 2.46. The Bertz CT molecular complexity index is 596. The van der Waals surface area contributed by atoms with E-state index in [-0.39, 0.29) is 0 Å². The minimum Gasteiger partial charge on any atom is -0.497 e.